The second-order valence-corrected chi connectivity index (χ2v) is 7.77. The lowest BCUT2D eigenvalue weighted by atomic mass is 10.2. The maximum absolute atomic E-state index is 4.55. The molecule has 2 N–H and O–H groups in total. The molecule has 3 aromatic rings. The fourth-order valence-electron chi connectivity index (χ4n) is 2.35. The van der Waals surface area contributed by atoms with Crippen LogP contribution >= 0.6 is 27.7 Å². The van der Waals surface area contributed by atoms with Crippen LogP contribution < -0.4 is 10.6 Å². The average Bonchev–Trinajstić information content (AvgIpc) is 2.65. The highest BCUT2D eigenvalue weighted by molar-refractivity contribution is 9.10. The number of aromatic nitrogens is 2. The quantitative estimate of drug-likeness (QED) is 0.385. The van der Waals surface area contributed by atoms with Crippen molar-refractivity contribution >= 4 is 50.8 Å². The Morgan fingerprint density at radius 1 is 1.07 bits per heavy atom. The summed E-state index contributed by atoms with van der Waals surface area (Å²) in [6, 6.07) is 16.1. The Morgan fingerprint density at radius 2 is 1.93 bits per heavy atom. The normalized spacial score (nSPS) is 10.9. The SMILES string of the molecule is CCC=CSc1cc(Nc2ccnc(Nc3cccc(Br)c3)n2)ccc1C. The van der Waals surface area contributed by atoms with E-state index in [0.29, 0.717) is 5.95 Å². The Labute approximate surface area is 172 Å². The maximum Gasteiger partial charge on any atom is 0.229 e. The first kappa shape index (κ1) is 19.5. The Hall–Kier alpha value is -2.31. The van der Waals surface area contributed by atoms with Crippen LogP contribution in [0.5, 0.6) is 0 Å². The van der Waals surface area contributed by atoms with Crippen molar-refractivity contribution in [1.82, 2.24) is 9.97 Å². The Morgan fingerprint density at radius 3 is 2.74 bits per heavy atom. The third-order valence-electron chi connectivity index (χ3n) is 3.72. The standard InChI is InChI=1S/C21H21BrN4S/c1-3-4-12-27-19-14-18(9-8-15(19)2)24-20-10-11-23-21(26-20)25-17-7-5-6-16(22)13-17/h4-14H,3H2,1-2H3,(H2,23,24,25,26). The van der Waals surface area contributed by atoms with Gasteiger partial charge in [0.05, 0.1) is 0 Å². The maximum atomic E-state index is 4.55. The second kappa shape index (κ2) is 9.58. The fourth-order valence-corrected chi connectivity index (χ4v) is 3.64. The molecule has 0 radical (unpaired) electrons. The van der Waals surface area contributed by atoms with E-state index in [4.69, 9.17) is 0 Å². The van der Waals surface area contributed by atoms with Gasteiger partial charge in [-0.15, -0.1) is 0 Å². The number of thioether (sulfide) groups is 1. The van der Waals surface area contributed by atoms with Crippen molar-refractivity contribution in [2.45, 2.75) is 25.2 Å². The molecule has 6 heteroatoms. The van der Waals surface area contributed by atoms with E-state index in [1.54, 1.807) is 18.0 Å². The van der Waals surface area contributed by atoms with Crippen LogP contribution in [0.1, 0.15) is 18.9 Å². The third-order valence-corrected chi connectivity index (χ3v) is 5.24. The highest BCUT2D eigenvalue weighted by Gasteiger charge is 2.04. The van der Waals surface area contributed by atoms with Gasteiger partial charge in [-0.3, -0.25) is 0 Å². The van der Waals surface area contributed by atoms with Crippen molar-refractivity contribution in [2.75, 3.05) is 10.6 Å². The molecule has 0 atom stereocenters. The van der Waals surface area contributed by atoms with Crippen LogP contribution in [0.15, 0.2) is 75.6 Å². The molecule has 27 heavy (non-hydrogen) atoms. The molecule has 0 fully saturated rings. The zero-order chi connectivity index (χ0) is 19.1. The van der Waals surface area contributed by atoms with Gasteiger partial charge in [0.1, 0.15) is 5.82 Å². The number of hydrogen-bond donors (Lipinski definition) is 2. The summed E-state index contributed by atoms with van der Waals surface area (Å²) in [4.78, 5) is 10.1. The van der Waals surface area contributed by atoms with E-state index in [1.165, 1.54) is 10.5 Å². The average molecular weight is 441 g/mol. The molecule has 1 heterocycles. The smallest absolute Gasteiger partial charge is 0.229 e. The van der Waals surface area contributed by atoms with Crippen molar-refractivity contribution in [3.8, 4) is 0 Å². The van der Waals surface area contributed by atoms with Crippen molar-refractivity contribution < 1.29 is 0 Å². The first-order chi connectivity index (χ1) is 13.1. The van der Waals surface area contributed by atoms with Crippen LogP contribution in [0, 0.1) is 6.92 Å². The van der Waals surface area contributed by atoms with E-state index >= 15 is 0 Å². The zero-order valence-electron chi connectivity index (χ0n) is 15.2. The van der Waals surface area contributed by atoms with E-state index in [2.05, 4.69) is 80.1 Å². The van der Waals surface area contributed by atoms with E-state index < -0.39 is 0 Å². The van der Waals surface area contributed by atoms with Crippen LogP contribution in [0.2, 0.25) is 0 Å². The van der Waals surface area contributed by atoms with Crippen molar-refractivity contribution in [3.05, 3.63) is 76.2 Å². The van der Waals surface area contributed by atoms with Gasteiger partial charge in [0, 0.05) is 26.9 Å². The van der Waals surface area contributed by atoms with Gasteiger partial charge in [-0.25, -0.2) is 4.98 Å². The predicted molar refractivity (Wildman–Crippen MR) is 119 cm³/mol. The number of nitrogens with one attached hydrogen (secondary N) is 2. The van der Waals surface area contributed by atoms with Crippen LogP contribution in [-0.2, 0) is 0 Å². The first-order valence-corrected chi connectivity index (χ1v) is 10.4. The predicted octanol–water partition coefficient (Wildman–Crippen LogP) is 7.05. The number of aryl methyl sites for hydroxylation is 1. The number of anilines is 4. The van der Waals surface area contributed by atoms with Gasteiger partial charge < -0.3 is 10.6 Å². The summed E-state index contributed by atoms with van der Waals surface area (Å²) in [7, 11) is 0. The highest BCUT2D eigenvalue weighted by atomic mass is 79.9. The molecular formula is C21H21BrN4S. The number of hydrogen-bond acceptors (Lipinski definition) is 5. The number of benzene rings is 2. The van der Waals surface area contributed by atoms with Crippen molar-refractivity contribution in [1.29, 1.82) is 0 Å². The summed E-state index contributed by atoms with van der Waals surface area (Å²) in [5.41, 5.74) is 3.18. The van der Waals surface area contributed by atoms with Crippen molar-refractivity contribution in [3.63, 3.8) is 0 Å². The highest BCUT2D eigenvalue weighted by Crippen LogP contribution is 2.28. The van der Waals surface area contributed by atoms with Gasteiger partial charge in [-0.05, 0) is 60.7 Å². The van der Waals surface area contributed by atoms with Crippen molar-refractivity contribution in [2.24, 2.45) is 0 Å². The Balaban J connectivity index is 1.74. The number of halogens is 1. The lowest BCUT2D eigenvalue weighted by Crippen LogP contribution is -2.00. The molecule has 2 aromatic carbocycles. The lowest BCUT2D eigenvalue weighted by Gasteiger charge is -2.10. The molecule has 0 bridgehead atoms. The van der Waals surface area contributed by atoms with Gasteiger partial charge in [0.25, 0.3) is 0 Å². The largest absolute Gasteiger partial charge is 0.340 e. The number of rotatable bonds is 7. The molecule has 0 amide bonds. The zero-order valence-corrected chi connectivity index (χ0v) is 17.6. The Kier molecular flexibility index (Phi) is 6.90. The first-order valence-electron chi connectivity index (χ1n) is 8.69. The molecule has 1 aromatic heterocycles. The van der Waals surface area contributed by atoms with Gasteiger partial charge in [-0.1, -0.05) is 52.8 Å². The molecule has 0 saturated heterocycles. The van der Waals surface area contributed by atoms with Gasteiger partial charge in [0.15, 0.2) is 0 Å². The third kappa shape index (κ3) is 5.84. The minimum absolute atomic E-state index is 0.547. The van der Waals surface area contributed by atoms with Crippen LogP contribution in [0.25, 0.3) is 0 Å². The van der Waals surface area contributed by atoms with Gasteiger partial charge >= 0.3 is 0 Å². The molecule has 0 unspecified atom stereocenters. The number of nitrogens with zero attached hydrogens (tertiary/aromatic N) is 2. The van der Waals surface area contributed by atoms with E-state index in [1.807, 2.05) is 30.3 Å². The summed E-state index contributed by atoms with van der Waals surface area (Å²) >= 11 is 5.20. The van der Waals surface area contributed by atoms with E-state index in [0.717, 1.165) is 28.1 Å². The molecule has 0 aliphatic heterocycles. The summed E-state index contributed by atoms with van der Waals surface area (Å²) in [6.07, 6.45) is 4.94. The molecule has 4 nitrogen and oxygen atoms in total. The Bertz CT molecular complexity index is 943. The minimum atomic E-state index is 0.547. The van der Waals surface area contributed by atoms with Gasteiger partial charge in [-0.2, -0.15) is 4.98 Å². The molecule has 0 aliphatic rings. The van der Waals surface area contributed by atoms with E-state index in [9.17, 15) is 0 Å². The van der Waals surface area contributed by atoms with E-state index in [-0.39, 0.29) is 0 Å². The van der Waals surface area contributed by atoms with Gasteiger partial charge in [0.2, 0.25) is 5.95 Å². The van der Waals surface area contributed by atoms with Crippen LogP contribution in [0.4, 0.5) is 23.1 Å². The van der Waals surface area contributed by atoms with Crippen LogP contribution in [-0.4, -0.2) is 9.97 Å². The second-order valence-electron chi connectivity index (χ2n) is 5.90. The molecule has 3 rings (SSSR count). The topological polar surface area (TPSA) is 49.8 Å². The molecular weight excluding hydrogens is 420 g/mol. The molecule has 0 spiro atoms. The molecule has 0 saturated carbocycles. The molecule has 0 aliphatic carbocycles. The number of allylic oxidation sites excluding steroid dienone is 1. The minimum Gasteiger partial charge on any atom is -0.340 e. The molecule has 138 valence electrons. The monoisotopic (exact) mass is 440 g/mol. The summed E-state index contributed by atoms with van der Waals surface area (Å²) < 4.78 is 1.00. The lowest BCUT2D eigenvalue weighted by molar-refractivity contribution is 1.16. The summed E-state index contributed by atoms with van der Waals surface area (Å²) in [5, 5.41) is 8.72. The van der Waals surface area contributed by atoms with Crippen LogP contribution in [0.3, 0.4) is 0 Å². The summed E-state index contributed by atoms with van der Waals surface area (Å²) in [6.45, 7) is 4.26. The summed E-state index contributed by atoms with van der Waals surface area (Å²) in [5.74, 6) is 1.29. The fraction of sp³-hybridized carbons (Fsp3) is 0.143.